The highest BCUT2D eigenvalue weighted by atomic mass is 16.5. The summed E-state index contributed by atoms with van der Waals surface area (Å²) in [5, 5.41) is 0. The number of ether oxygens (including phenoxy) is 1. The number of hydrogen-bond donors (Lipinski definition) is 0. The van der Waals surface area contributed by atoms with Gasteiger partial charge < -0.3 is 4.74 Å². The molecule has 3 unspecified atom stereocenters. The van der Waals surface area contributed by atoms with Gasteiger partial charge >= 0.3 is 17.3 Å². The lowest BCUT2D eigenvalue weighted by molar-refractivity contribution is -0.204. The van der Waals surface area contributed by atoms with Crippen LogP contribution in [0.3, 0.4) is 0 Å². The van der Waals surface area contributed by atoms with Gasteiger partial charge in [0.15, 0.2) is 5.78 Å². The molecule has 240 valence electrons. The minimum absolute atomic E-state index is 0.0292. The Kier molecular flexibility index (Phi) is 6.75. The van der Waals surface area contributed by atoms with Crippen LogP contribution in [0.25, 0.3) is 5.69 Å². The van der Waals surface area contributed by atoms with E-state index in [1.54, 1.807) is 10.8 Å². The van der Waals surface area contributed by atoms with Gasteiger partial charge in [-0.1, -0.05) is 71.0 Å². The summed E-state index contributed by atoms with van der Waals surface area (Å²) in [5.74, 6) is 0.681. The average molecular weight is 614 g/mol. The first-order valence-electron chi connectivity index (χ1n) is 16.9. The van der Waals surface area contributed by atoms with Crippen molar-refractivity contribution in [2.24, 2.45) is 40.4 Å². The van der Waals surface area contributed by atoms with Crippen LogP contribution in [-0.4, -0.2) is 31.8 Å². The van der Waals surface area contributed by atoms with Gasteiger partial charge in [-0.05, 0) is 85.8 Å². The molecule has 9 atom stereocenters. The maximum Gasteiger partial charge on any atom is 0.352 e. The second-order valence-electron chi connectivity index (χ2n) is 15.5. The summed E-state index contributed by atoms with van der Waals surface area (Å²) in [5.41, 5.74) is -1.87. The molecular weight excluding hydrogens is 566 g/mol. The summed E-state index contributed by atoms with van der Waals surface area (Å²) >= 11 is 0. The van der Waals surface area contributed by atoms with Gasteiger partial charge in [0, 0.05) is 24.7 Å². The Hall–Kier alpha value is -3.42. The molecule has 2 aromatic rings. The van der Waals surface area contributed by atoms with E-state index in [4.69, 9.17) is 4.74 Å². The van der Waals surface area contributed by atoms with Crippen LogP contribution in [0.15, 0.2) is 64.2 Å². The molecular formula is C37H47N3O5. The molecule has 6 aliphatic rings. The fourth-order valence-electron chi connectivity index (χ4n) is 11.2. The van der Waals surface area contributed by atoms with Gasteiger partial charge in [-0.2, -0.15) is 0 Å². The molecule has 3 fully saturated rings. The second-order valence-corrected chi connectivity index (χ2v) is 15.5. The number of aromatic nitrogens is 3. The molecule has 45 heavy (non-hydrogen) atoms. The minimum Gasteiger partial charge on any atom is -0.462 e. The van der Waals surface area contributed by atoms with Crippen molar-refractivity contribution in [1.29, 1.82) is 0 Å². The SMILES string of the molecule is CC(=O)O[C@H]1CC[C@]2(C)C3CC[C@@]4(C)C(CC[C@@H]4[C@H](C)/C=C/C(=O)C(C)C)[C@]34C=CC2(C1)n1c(=O)n(-c2ccccc2)c(=O)n14. The van der Waals surface area contributed by atoms with Gasteiger partial charge in [0.05, 0.1) is 16.8 Å². The normalized spacial score (nSPS) is 38.5. The van der Waals surface area contributed by atoms with Crippen molar-refractivity contribution < 1.29 is 14.3 Å². The van der Waals surface area contributed by atoms with Crippen LogP contribution in [-0.2, 0) is 25.4 Å². The number of nitrogens with zero attached hydrogens (tertiary/aromatic N) is 3. The van der Waals surface area contributed by atoms with Gasteiger partial charge in [0.2, 0.25) is 0 Å². The summed E-state index contributed by atoms with van der Waals surface area (Å²) in [6.07, 6.45) is 14.1. The predicted molar refractivity (Wildman–Crippen MR) is 172 cm³/mol. The maximum absolute atomic E-state index is 14.8. The van der Waals surface area contributed by atoms with Crippen molar-refractivity contribution in [3.63, 3.8) is 0 Å². The third-order valence-corrected chi connectivity index (χ3v) is 13.2. The number of ketones is 1. The number of carbonyl (C=O) groups excluding carboxylic acids is 2. The van der Waals surface area contributed by atoms with Gasteiger partial charge in [-0.25, -0.2) is 23.5 Å². The highest BCUT2D eigenvalue weighted by Gasteiger charge is 2.75. The molecule has 1 aromatic carbocycles. The third kappa shape index (κ3) is 3.83. The zero-order chi connectivity index (χ0) is 32.1. The van der Waals surface area contributed by atoms with Crippen molar-refractivity contribution in [1.82, 2.24) is 13.9 Å². The lowest BCUT2D eigenvalue weighted by Crippen LogP contribution is -2.76. The number of allylic oxidation sites excluding steroid dienone is 4. The van der Waals surface area contributed by atoms with Crippen LogP contribution in [0.5, 0.6) is 0 Å². The zero-order valence-corrected chi connectivity index (χ0v) is 27.5. The first kappa shape index (κ1) is 30.2. The van der Waals surface area contributed by atoms with Crippen molar-refractivity contribution in [2.75, 3.05) is 0 Å². The molecule has 2 spiro atoms. The molecule has 8 heteroatoms. The van der Waals surface area contributed by atoms with Crippen LogP contribution in [0.4, 0.5) is 0 Å². The van der Waals surface area contributed by atoms with E-state index in [-0.39, 0.29) is 63.7 Å². The highest BCUT2D eigenvalue weighted by molar-refractivity contribution is 5.91. The third-order valence-electron chi connectivity index (χ3n) is 13.2. The number of esters is 1. The fourth-order valence-corrected chi connectivity index (χ4v) is 11.2. The Morgan fingerprint density at radius 1 is 0.911 bits per heavy atom. The lowest BCUT2D eigenvalue weighted by Gasteiger charge is -2.71. The van der Waals surface area contributed by atoms with Crippen molar-refractivity contribution >= 4 is 11.8 Å². The topological polar surface area (TPSA) is 92.3 Å². The van der Waals surface area contributed by atoms with E-state index < -0.39 is 11.1 Å². The summed E-state index contributed by atoms with van der Waals surface area (Å²) in [6.45, 7) is 12.3. The fraction of sp³-hybridized carbons (Fsp3) is 0.622. The van der Waals surface area contributed by atoms with E-state index in [9.17, 15) is 19.2 Å². The molecule has 2 aliphatic heterocycles. The molecule has 0 saturated heterocycles. The number of fused-ring (bicyclic) bond motifs is 1. The Balaban J connectivity index is 1.43. The van der Waals surface area contributed by atoms with E-state index >= 15 is 0 Å². The summed E-state index contributed by atoms with van der Waals surface area (Å²) < 4.78 is 10.8. The molecule has 8 nitrogen and oxygen atoms in total. The first-order chi connectivity index (χ1) is 21.3. The van der Waals surface area contributed by atoms with Gasteiger partial charge in [-0.3, -0.25) is 9.59 Å². The van der Waals surface area contributed by atoms with E-state index in [1.807, 2.05) is 48.9 Å². The quantitative estimate of drug-likeness (QED) is 0.235. The van der Waals surface area contributed by atoms with E-state index in [2.05, 4.69) is 39.0 Å². The first-order valence-corrected chi connectivity index (χ1v) is 16.9. The largest absolute Gasteiger partial charge is 0.462 e. The van der Waals surface area contributed by atoms with Crippen LogP contribution < -0.4 is 11.4 Å². The second kappa shape index (κ2) is 10.0. The van der Waals surface area contributed by atoms with Crippen LogP contribution in [0.2, 0.25) is 0 Å². The van der Waals surface area contributed by atoms with Gasteiger partial charge in [0.25, 0.3) is 0 Å². The van der Waals surface area contributed by atoms with Crippen LogP contribution in [0, 0.1) is 40.4 Å². The van der Waals surface area contributed by atoms with Gasteiger partial charge in [0.1, 0.15) is 6.10 Å². The van der Waals surface area contributed by atoms with E-state index in [0.717, 1.165) is 38.5 Å². The van der Waals surface area contributed by atoms with Crippen molar-refractivity contribution in [2.45, 2.75) is 104 Å². The van der Waals surface area contributed by atoms with E-state index in [1.165, 1.54) is 11.5 Å². The predicted octanol–water partition coefficient (Wildman–Crippen LogP) is 5.76. The number of carbonyl (C=O) groups is 2. The van der Waals surface area contributed by atoms with E-state index in [0.29, 0.717) is 18.0 Å². The standard InChI is InChI=1S/C37H47N3O5/c1-23(2)29(42)14-12-24(3)28-13-15-30-34(28,5)18-17-31-35(6)19-16-27(45-25(4)41)22-36(35)20-21-37(30,31)40-33(44)38(32(43)39(36)40)26-10-8-7-9-11-26/h7-12,14,20-21,23-24,27-28,30-31H,13,15-19,22H2,1-6H3/b14-12+/t24-,27+,28-,30?,31?,34-,35-,36?,37-/m1/s1. The number of benzene rings is 1. The van der Waals surface area contributed by atoms with Crippen LogP contribution in [0.1, 0.15) is 86.5 Å². The number of para-hydroxylation sites is 1. The van der Waals surface area contributed by atoms with Crippen molar-refractivity contribution in [3.05, 3.63) is 75.6 Å². The summed E-state index contributed by atoms with van der Waals surface area (Å²) in [6, 6.07) is 9.24. The average Bonchev–Trinajstić information content (AvgIpc) is 3.50. The van der Waals surface area contributed by atoms with Crippen LogP contribution >= 0.6 is 0 Å². The molecule has 8 rings (SSSR count). The molecule has 1 aromatic heterocycles. The summed E-state index contributed by atoms with van der Waals surface area (Å²) in [7, 11) is 0. The van der Waals surface area contributed by atoms with Gasteiger partial charge in [-0.15, -0.1) is 0 Å². The maximum atomic E-state index is 14.8. The molecule has 0 amide bonds. The molecule has 2 bridgehead atoms. The Morgan fingerprint density at radius 2 is 1.62 bits per heavy atom. The number of hydrogen-bond acceptors (Lipinski definition) is 5. The zero-order valence-electron chi connectivity index (χ0n) is 27.5. The number of rotatable bonds is 6. The summed E-state index contributed by atoms with van der Waals surface area (Å²) in [4.78, 5) is 54.1. The molecule has 0 N–H and O–H groups in total. The molecule has 3 heterocycles. The molecule has 4 aliphatic carbocycles. The molecule has 0 radical (unpaired) electrons. The smallest absolute Gasteiger partial charge is 0.352 e. The Bertz CT molecular complexity index is 1730. The minimum atomic E-state index is -0.785. The Labute approximate surface area is 265 Å². The monoisotopic (exact) mass is 613 g/mol. The van der Waals surface area contributed by atoms with Crippen molar-refractivity contribution in [3.8, 4) is 5.69 Å². The lowest BCUT2D eigenvalue weighted by atomic mass is 9.40. The molecule has 3 saturated carbocycles. The Morgan fingerprint density at radius 3 is 2.31 bits per heavy atom. The highest BCUT2D eigenvalue weighted by Crippen LogP contribution is 2.74.